The first kappa shape index (κ1) is 10.9. The number of aromatic carboxylic acids is 1. The Labute approximate surface area is 93.5 Å². The molecule has 0 atom stereocenters. The highest BCUT2D eigenvalue weighted by Crippen LogP contribution is 2.13. The molecule has 0 saturated carbocycles. The minimum absolute atomic E-state index is 0.206. The Kier molecular flexibility index (Phi) is 3.36. The Morgan fingerprint density at radius 3 is 2.75 bits per heavy atom. The van der Waals surface area contributed by atoms with Crippen LogP contribution < -0.4 is 5.32 Å². The Morgan fingerprint density at radius 2 is 2.19 bits per heavy atom. The fourth-order valence-corrected chi connectivity index (χ4v) is 1.66. The molecule has 0 radical (unpaired) electrons. The van der Waals surface area contributed by atoms with E-state index in [-0.39, 0.29) is 5.56 Å². The molecule has 1 aromatic rings. The van der Waals surface area contributed by atoms with Gasteiger partial charge >= 0.3 is 5.97 Å². The number of carboxylic acids is 1. The van der Waals surface area contributed by atoms with E-state index in [1.165, 1.54) is 6.20 Å². The molecule has 5 nitrogen and oxygen atoms in total. The van der Waals surface area contributed by atoms with Gasteiger partial charge in [-0.05, 0) is 25.0 Å². The number of nitrogens with zero attached hydrogens (tertiary/aromatic N) is 1. The highest BCUT2D eigenvalue weighted by Gasteiger charge is 2.13. The maximum absolute atomic E-state index is 10.6. The van der Waals surface area contributed by atoms with Gasteiger partial charge in [0, 0.05) is 25.5 Å². The molecule has 5 heteroatoms. The second kappa shape index (κ2) is 4.94. The Morgan fingerprint density at radius 1 is 1.44 bits per heavy atom. The molecule has 0 aromatic carbocycles. The summed E-state index contributed by atoms with van der Waals surface area (Å²) in [5, 5.41) is 12.0. The van der Waals surface area contributed by atoms with Crippen molar-refractivity contribution in [2.24, 2.45) is 0 Å². The molecule has 0 bridgehead atoms. The second-order valence-corrected chi connectivity index (χ2v) is 3.77. The zero-order valence-corrected chi connectivity index (χ0v) is 8.85. The van der Waals surface area contributed by atoms with Gasteiger partial charge in [0.05, 0.1) is 5.56 Å². The van der Waals surface area contributed by atoms with Crippen molar-refractivity contribution < 1.29 is 14.6 Å². The summed E-state index contributed by atoms with van der Waals surface area (Å²) in [5.41, 5.74) is 0.206. The lowest BCUT2D eigenvalue weighted by Crippen LogP contribution is -2.28. The maximum atomic E-state index is 10.6. The summed E-state index contributed by atoms with van der Waals surface area (Å²) in [7, 11) is 0. The zero-order valence-electron chi connectivity index (χ0n) is 8.85. The van der Waals surface area contributed by atoms with Crippen molar-refractivity contribution in [3.05, 3.63) is 23.9 Å². The predicted octanol–water partition coefficient (Wildman–Crippen LogP) is 1.37. The lowest BCUT2D eigenvalue weighted by molar-refractivity contribution is 0.0696. The van der Waals surface area contributed by atoms with E-state index < -0.39 is 5.97 Å². The highest BCUT2D eigenvalue weighted by molar-refractivity contribution is 5.87. The van der Waals surface area contributed by atoms with Gasteiger partial charge in [-0.3, -0.25) is 0 Å². The first-order valence-electron chi connectivity index (χ1n) is 5.29. The van der Waals surface area contributed by atoms with Gasteiger partial charge in [0.15, 0.2) is 0 Å². The number of rotatable bonds is 3. The number of hydrogen-bond donors (Lipinski definition) is 2. The molecule has 2 N–H and O–H groups in total. The molecule has 2 heterocycles. The lowest BCUT2D eigenvalue weighted by Gasteiger charge is -2.23. The van der Waals surface area contributed by atoms with Gasteiger partial charge in [0.1, 0.15) is 5.82 Å². The highest BCUT2D eigenvalue weighted by atomic mass is 16.5. The summed E-state index contributed by atoms with van der Waals surface area (Å²) in [6, 6.07) is 3.62. The van der Waals surface area contributed by atoms with Crippen LogP contribution in [0.3, 0.4) is 0 Å². The molecule has 1 fully saturated rings. The first-order chi connectivity index (χ1) is 7.75. The summed E-state index contributed by atoms with van der Waals surface area (Å²) in [5.74, 6) is -0.234. The summed E-state index contributed by atoms with van der Waals surface area (Å²) >= 11 is 0. The quantitative estimate of drug-likeness (QED) is 0.808. The van der Waals surface area contributed by atoms with Crippen LogP contribution in [-0.2, 0) is 4.74 Å². The average molecular weight is 222 g/mol. The van der Waals surface area contributed by atoms with Gasteiger partial charge in [0.2, 0.25) is 0 Å². The van der Waals surface area contributed by atoms with Gasteiger partial charge in [0.25, 0.3) is 0 Å². The van der Waals surface area contributed by atoms with Gasteiger partial charge in [-0.2, -0.15) is 0 Å². The number of hydrogen-bond acceptors (Lipinski definition) is 4. The van der Waals surface area contributed by atoms with E-state index in [1.54, 1.807) is 12.1 Å². The van der Waals surface area contributed by atoms with Crippen LogP contribution in [-0.4, -0.2) is 35.3 Å². The van der Waals surface area contributed by atoms with E-state index >= 15 is 0 Å². The van der Waals surface area contributed by atoms with Crippen LogP contribution in [0.5, 0.6) is 0 Å². The number of anilines is 1. The van der Waals surface area contributed by atoms with Gasteiger partial charge in [-0.1, -0.05) is 0 Å². The molecule has 1 aliphatic rings. The summed E-state index contributed by atoms with van der Waals surface area (Å²) in [4.78, 5) is 14.7. The summed E-state index contributed by atoms with van der Waals surface area (Å²) in [6.45, 7) is 1.54. The normalized spacial score (nSPS) is 17.0. The molecule has 2 rings (SSSR count). The van der Waals surface area contributed by atoms with Crippen molar-refractivity contribution >= 4 is 11.8 Å². The fourth-order valence-electron chi connectivity index (χ4n) is 1.66. The fraction of sp³-hybridized carbons (Fsp3) is 0.455. The minimum atomic E-state index is -0.954. The molecular weight excluding hydrogens is 208 g/mol. The zero-order chi connectivity index (χ0) is 11.4. The van der Waals surface area contributed by atoms with Crippen molar-refractivity contribution in [2.45, 2.75) is 18.9 Å². The number of pyridine rings is 1. The van der Waals surface area contributed by atoms with Crippen LogP contribution in [0, 0.1) is 0 Å². The van der Waals surface area contributed by atoms with Gasteiger partial charge in [-0.15, -0.1) is 0 Å². The second-order valence-electron chi connectivity index (χ2n) is 3.77. The smallest absolute Gasteiger partial charge is 0.337 e. The van der Waals surface area contributed by atoms with Crippen LogP contribution in [0.4, 0.5) is 5.82 Å². The number of aromatic nitrogens is 1. The minimum Gasteiger partial charge on any atom is -0.478 e. The largest absolute Gasteiger partial charge is 0.478 e. The van der Waals surface area contributed by atoms with Crippen LogP contribution in [0.1, 0.15) is 23.2 Å². The molecule has 16 heavy (non-hydrogen) atoms. The SMILES string of the molecule is O=C(O)c1ccc(NC2CCOCC2)nc1. The molecule has 1 saturated heterocycles. The van der Waals surface area contributed by atoms with Crippen molar-refractivity contribution in [1.82, 2.24) is 4.98 Å². The third kappa shape index (κ3) is 2.70. The molecule has 0 unspecified atom stereocenters. The molecule has 0 aliphatic carbocycles. The van der Waals surface area contributed by atoms with E-state index in [2.05, 4.69) is 10.3 Å². The predicted molar refractivity (Wildman–Crippen MR) is 58.7 cm³/mol. The van der Waals surface area contributed by atoms with Crippen molar-refractivity contribution in [2.75, 3.05) is 18.5 Å². The van der Waals surface area contributed by atoms with Crippen molar-refractivity contribution in [3.8, 4) is 0 Å². The van der Waals surface area contributed by atoms with Crippen LogP contribution >= 0.6 is 0 Å². The van der Waals surface area contributed by atoms with Gasteiger partial charge in [-0.25, -0.2) is 9.78 Å². The number of carboxylic acid groups (broad SMARTS) is 1. The van der Waals surface area contributed by atoms with Crippen molar-refractivity contribution in [3.63, 3.8) is 0 Å². The third-order valence-electron chi connectivity index (χ3n) is 2.58. The number of nitrogens with one attached hydrogen (secondary N) is 1. The first-order valence-corrected chi connectivity index (χ1v) is 5.29. The molecule has 1 aromatic heterocycles. The molecular formula is C11H14N2O3. The molecule has 0 amide bonds. The third-order valence-corrected chi connectivity index (χ3v) is 2.58. The van der Waals surface area contributed by atoms with E-state index in [0.717, 1.165) is 31.9 Å². The van der Waals surface area contributed by atoms with Crippen LogP contribution in [0.2, 0.25) is 0 Å². The summed E-state index contributed by atoms with van der Waals surface area (Å²) < 4.78 is 5.25. The van der Waals surface area contributed by atoms with E-state index in [4.69, 9.17) is 9.84 Å². The van der Waals surface area contributed by atoms with E-state index in [9.17, 15) is 4.79 Å². The standard InChI is InChI=1S/C11H14N2O3/c14-11(15)8-1-2-10(12-7-8)13-9-3-5-16-6-4-9/h1-2,7,9H,3-6H2,(H,12,13)(H,14,15). The molecule has 0 spiro atoms. The van der Waals surface area contributed by atoms with E-state index in [0.29, 0.717) is 6.04 Å². The Balaban J connectivity index is 1.96. The average Bonchev–Trinajstić information content (AvgIpc) is 2.31. The maximum Gasteiger partial charge on any atom is 0.337 e. The monoisotopic (exact) mass is 222 g/mol. The van der Waals surface area contributed by atoms with Crippen LogP contribution in [0.15, 0.2) is 18.3 Å². The van der Waals surface area contributed by atoms with Crippen molar-refractivity contribution in [1.29, 1.82) is 0 Å². The molecule has 1 aliphatic heterocycles. The summed E-state index contributed by atoms with van der Waals surface area (Å²) in [6.07, 6.45) is 3.29. The number of carbonyl (C=O) groups is 1. The Hall–Kier alpha value is -1.62. The Bertz CT molecular complexity index is 358. The topological polar surface area (TPSA) is 71.5 Å². The number of ether oxygens (including phenoxy) is 1. The molecule has 86 valence electrons. The van der Waals surface area contributed by atoms with Crippen LogP contribution in [0.25, 0.3) is 0 Å². The lowest BCUT2D eigenvalue weighted by atomic mass is 10.1. The van der Waals surface area contributed by atoms with E-state index in [1.807, 2.05) is 0 Å². The van der Waals surface area contributed by atoms with Gasteiger partial charge < -0.3 is 15.2 Å².